The van der Waals surface area contributed by atoms with Gasteiger partial charge in [-0.05, 0) is 42.3 Å². The van der Waals surface area contributed by atoms with Crippen molar-refractivity contribution in [2.45, 2.75) is 13.3 Å². The number of aromatic amines is 1. The zero-order chi connectivity index (χ0) is 17.1. The fraction of sp³-hybridized carbons (Fsp3) is 0.222. The number of carbonyl (C=O) groups is 1. The number of hydrogen-bond acceptors (Lipinski definition) is 4. The number of rotatable bonds is 5. The minimum atomic E-state index is -0.0307. The number of nitrogens with two attached hydrogens (primary N) is 2. The van der Waals surface area contributed by atoms with Gasteiger partial charge in [-0.3, -0.25) is 9.79 Å². The van der Waals surface area contributed by atoms with Crippen LogP contribution in [-0.4, -0.2) is 30.2 Å². The lowest BCUT2D eigenvalue weighted by atomic mass is 9.99. The van der Waals surface area contributed by atoms with E-state index < -0.39 is 0 Å². The molecule has 0 saturated heterocycles. The molecule has 1 aliphatic heterocycles. The van der Waals surface area contributed by atoms with Crippen molar-refractivity contribution in [3.05, 3.63) is 47.3 Å². The summed E-state index contributed by atoms with van der Waals surface area (Å²) in [5, 5.41) is 2.77. The quantitative estimate of drug-likeness (QED) is 0.630. The van der Waals surface area contributed by atoms with Crippen LogP contribution in [0.2, 0.25) is 0 Å². The summed E-state index contributed by atoms with van der Waals surface area (Å²) in [4.78, 5) is 19.4. The standard InChI is InChI=1S/C18H21N5O/c1-11(15-10-23-16-3-2-13(20)8-14(15)16)17-6-12(9-22-17)7-18(24)21-5-4-19/h2-3,6,8-10,22H,4-5,7,19-20H2,1H3,(H,21,24). The van der Waals surface area contributed by atoms with E-state index in [-0.39, 0.29) is 5.91 Å². The van der Waals surface area contributed by atoms with Gasteiger partial charge in [-0.2, -0.15) is 0 Å². The van der Waals surface area contributed by atoms with E-state index in [0.717, 1.165) is 33.7 Å². The molecule has 1 aromatic carbocycles. The van der Waals surface area contributed by atoms with Gasteiger partial charge in [0.1, 0.15) is 0 Å². The Morgan fingerprint density at radius 3 is 2.96 bits per heavy atom. The van der Waals surface area contributed by atoms with Crippen LogP contribution in [0.3, 0.4) is 0 Å². The number of anilines is 1. The summed E-state index contributed by atoms with van der Waals surface area (Å²) in [7, 11) is 0. The summed E-state index contributed by atoms with van der Waals surface area (Å²) >= 11 is 0. The smallest absolute Gasteiger partial charge is 0.224 e. The molecular weight excluding hydrogens is 302 g/mol. The van der Waals surface area contributed by atoms with Gasteiger partial charge in [-0.1, -0.05) is 0 Å². The molecule has 0 atom stereocenters. The predicted octanol–water partition coefficient (Wildman–Crippen LogP) is 1.86. The first-order valence-electron chi connectivity index (χ1n) is 7.87. The number of allylic oxidation sites excluding steroid dienone is 2. The highest BCUT2D eigenvalue weighted by atomic mass is 16.1. The van der Waals surface area contributed by atoms with Crippen molar-refractivity contribution in [2.24, 2.45) is 10.7 Å². The van der Waals surface area contributed by atoms with Crippen molar-refractivity contribution >= 4 is 34.6 Å². The van der Waals surface area contributed by atoms with Crippen molar-refractivity contribution in [1.82, 2.24) is 10.3 Å². The molecule has 0 fully saturated rings. The van der Waals surface area contributed by atoms with Crippen LogP contribution in [0.1, 0.15) is 23.7 Å². The number of hydrogen-bond donors (Lipinski definition) is 4. The third-order valence-corrected chi connectivity index (χ3v) is 4.03. The monoisotopic (exact) mass is 323 g/mol. The van der Waals surface area contributed by atoms with Crippen LogP contribution in [0.25, 0.3) is 11.1 Å². The van der Waals surface area contributed by atoms with E-state index in [1.54, 1.807) is 0 Å². The van der Waals surface area contributed by atoms with Gasteiger partial charge in [-0.15, -0.1) is 0 Å². The number of nitrogen functional groups attached to an aromatic ring is 1. The first-order valence-corrected chi connectivity index (χ1v) is 7.87. The lowest BCUT2D eigenvalue weighted by molar-refractivity contribution is -0.120. The van der Waals surface area contributed by atoms with Gasteiger partial charge < -0.3 is 21.8 Å². The molecule has 0 saturated carbocycles. The molecule has 24 heavy (non-hydrogen) atoms. The van der Waals surface area contributed by atoms with Gasteiger partial charge in [0.15, 0.2) is 0 Å². The minimum Gasteiger partial charge on any atom is -0.399 e. The second kappa shape index (κ2) is 6.72. The van der Waals surface area contributed by atoms with Gasteiger partial charge in [0.25, 0.3) is 0 Å². The van der Waals surface area contributed by atoms with Crippen molar-refractivity contribution in [1.29, 1.82) is 0 Å². The van der Waals surface area contributed by atoms with Crippen LogP contribution in [0.15, 0.2) is 35.5 Å². The molecule has 0 radical (unpaired) electrons. The average molecular weight is 323 g/mol. The highest BCUT2D eigenvalue weighted by Crippen LogP contribution is 2.36. The van der Waals surface area contributed by atoms with Crippen LogP contribution in [-0.2, 0) is 11.2 Å². The molecule has 6 N–H and O–H groups in total. The van der Waals surface area contributed by atoms with Crippen LogP contribution in [0.4, 0.5) is 11.4 Å². The Balaban J connectivity index is 1.82. The molecular formula is C18H21N5O. The molecule has 6 heteroatoms. The van der Waals surface area contributed by atoms with E-state index in [2.05, 4.69) is 15.3 Å². The first-order chi connectivity index (χ1) is 11.6. The summed E-state index contributed by atoms with van der Waals surface area (Å²) in [6, 6.07) is 7.69. The molecule has 1 aliphatic rings. The molecule has 6 nitrogen and oxygen atoms in total. The Morgan fingerprint density at radius 1 is 1.33 bits per heavy atom. The molecule has 3 rings (SSSR count). The number of amides is 1. The summed E-state index contributed by atoms with van der Waals surface area (Å²) in [6.07, 6.45) is 4.04. The zero-order valence-corrected chi connectivity index (χ0v) is 13.6. The molecule has 0 spiro atoms. The fourth-order valence-corrected chi connectivity index (χ4v) is 2.75. The first kappa shape index (κ1) is 16.0. The third-order valence-electron chi connectivity index (χ3n) is 4.03. The van der Waals surface area contributed by atoms with Gasteiger partial charge >= 0.3 is 0 Å². The largest absolute Gasteiger partial charge is 0.399 e. The summed E-state index contributed by atoms with van der Waals surface area (Å²) in [6.45, 7) is 2.97. The summed E-state index contributed by atoms with van der Waals surface area (Å²) in [5.74, 6) is -0.0307. The Bertz CT molecular complexity index is 832. The fourth-order valence-electron chi connectivity index (χ4n) is 2.75. The Labute approximate surface area is 140 Å². The van der Waals surface area contributed by atoms with E-state index in [1.165, 1.54) is 0 Å². The highest BCUT2D eigenvalue weighted by molar-refractivity contribution is 6.24. The number of benzene rings is 1. The molecule has 0 aliphatic carbocycles. The van der Waals surface area contributed by atoms with E-state index in [9.17, 15) is 4.79 Å². The highest BCUT2D eigenvalue weighted by Gasteiger charge is 2.16. The summed E-state index contributed by atoms with van der Waals surface area (Å²) in [5.41, 5.74) is 18.0. The van der Waals surface area contributed by atoms with Gasteiger partial charge in [0.2, 0.25) is 5.91 Å². The number of fused-ring (bicyclic) bond motifs is 1. The molecule has 2 heterocycles. The van der Waals surface area contributed by atoms with Crippen LogP contribution >= 0.6 is 0 Å². The number of nitrogens with one attached hydrogen (secondary N) is 2. The van der Waals surface area contributed by atoms with E-state index in [1.807, 2.05) is 43.6 Å². The van der Waals surface area contributed by atoms with E-state index in [0.29, 0.717) is 25.2 Å². The second-order valence-corrected chi connectivity index (χ2v) is 5.81. The van der Waals surface area contributed by atoms with Crippen molar-refractivity contribution in [3.63, 3.8) is 0 Å². The number of aliphatic imine (C=N–C) groups is 1. The van der Waals surface area contributed by atoms with Gasteiger partial charge in [0, 0.05) is 48.0 Å². The van der Waals surface area contributed by atoms with Gasteiger partial charge in [0.05, 0.1) is 12.1 Å². The number of nitrogens with zero attached hydrogens (tertiary/aromatic N) is 1. The Hall–Kier alpha value is -2.86. The number of H-pyrrole nitrogens is 1. The lowest BCUT2D eigenvalue weighted by Gasteiger charge is -2.05. The number of aromatic nitrogens is 1. The SMILES string of the molecule is CC(=C1C=Nc2ccc(N)cc21)c1cc(CC(=O)NCCN)c[nH]1. The maximum absolute atomic E-state index is 11.8. The second-order valence-electron chi connectivity index (χ2n) is 5.81. The average Bonchev–Trinajstić information content (AvgIpc) is 3.19. The molecule has 0 unspecified atom stereocenters. The zero-order valence-electron chi connectivity index (χ0n) is 13.6. The van der Waals surface area contributed by atoms with E-state index in [4.69, 9.17) is 11.5 Å². The lowest BCUT2D eigenvalue weighted by Crippen LogP contribution is -2.30. The van der Waals surface area contributed by atoms with Gasteiger partial charge in [-0.25, -0.2) is 0 Å². The van der Waals surface area contributed by atoms with Crippen LogP contribution in [0, 0.1) is 0 Å². The minimum absolute atomic E-state index is 0.0307. The van der Waals surface area contributed by atoms with Crippen molar-refractivity contribution < 1.29 is 4.79 Å². The number of carbonyl (C=O) groups excluding carboxylic acids is 1. The topological polar surface area (TPSA) is 109 Å². The molecule has 0 bridgehead atoms. The van der Waals surface area contributed by atoms with Crippen molar-refractivity contribution in [2.75, 3.05) is 18.8 Å². The molecule has 124 valence electrons. The van der Waals surface area contributed by atoms with E-state index >= 15 is 0 Å². The maximum Gasteiger partial charge on any atom is 0.224 e. The normalized spacial score (nSPS) is 14.6. The maximum atomic E-state index is 11.8. The Morgan fingerprint density at radius 2 is 2.17 bits per heavy atom. The summed E-state index contributed by atoms with van der Waals surface area (Å²) < 4.78 is 0. The predicted molar refractivity (Wildman–Crippen MR) is 98.1 cm³/mol. The third kappa shape index (κ3) is 3.23. The van der Waals surface area contributed by atoms with Crippen molar-refractivity contribution in [3.8, 4) is 0 Å². The molecule has 1 aromatic heterocycles. The molecule has 1 amide bonds. The molecule has 2 aromatic rings. The van der Waals surface area contributed by atoms with Crippen LogP contribution in [0.5, 0.6) is 0 Å². The Kier molecular flexibility index (Phi) is 4.48. The van der Waals surface area contributed by atoms with Crippen LogP contribution < -0.4 is 16.8 Å².